The number of hydrogen-bond donors (Lipinski definition) is 1. The molecule has 1 aromatic heterocycles. The molecule has 110 valence electrons. The molecule has 0 radical (unpaired) electrons. The topological polar surface area (TPSA) is 67.4 Å². The maximum atomic E-state index is 11.2. The average molecular weight is 278 g/mol. The molecule has 0 aromatic carbocycles. The zero-order chi connectivity index (χ0) is 14.7. The Morgan fingerprint density at radius 2 is 2.15 bits per heavy atom. The normalized spacial score (nSPS) is 18.8. The minimum Gasteiger partial charge on any atom is -0.481 e. The van der Waals surface area contributed by atoms with E-state index < -0.39 is 0 Å². The van der Waals surface area contributed by atoms with Gasteiger partial charge in [-0.05, 0) is 26.7 Å². The van der Waals surface area contributed by atoms with Crippen molar-refractivity contribution in [3.05, 3.63) is 11.4 Å². The summed E-state index contributed by atoms with van der Waals surface area (Å²) in [5.74, 6) is 2.24. The van der Waals surface area contributed by atoms with Crippen molar-refractivity contribution in [2.24, 2.45) is 0 Å². The van der Waals surface area contributed by atoms with Crippen LogP contribution < -0.4 is 15.0 Å². The van der Waals surface area contributed by atoms with Crippen molar-refractivity contribution in [2.45, 2.75) is 39.7 Å². The van der Waals surface area contributed by atoms with Crippen molar-refractivity contribution in [3.63, 3.8) is 0 Å². The summed E-state index contributed by atoms with van der Waals surface area (Å²) in [4.78, 5) is 22.2. The van der Waals surface area contributed by atoms with Gasteiger partial charge in [-0.15, -0.1) is 0 Å². The van der Waals surface area contributed by atoms with E-state index in [9.17, 15) is 4.79 Å². The van der Waals surface area contributed by atoms with Gasteiger partial charge in [0.1, 0.15) is 11.6 Å². The van der Waals surface area contributed by atoms with Crippen LogP contribution in [0.4, 0.5) is 5.82 Å². The van der Waals surface area contributed by atoms with Gasteiger partial charge < -0.3 is 15.0 Å². The number of carbonyl (C=O) groups excluding carboxylic acids is 1. The predicted octanol–water partition coefficient (Wildman–Crippen LogP) is 1.21. The molecule has 1 aromatic rings. The van der Waals surface area contributed by atoms with Crippen molar-refractivity contribution in [3.8, 4) is 5.88 Å². The number of carbonyl (C=O) groups is 1. The Hall–Kier alpha value is -1.85. The molecule has 2 heterocycles. The molecule has 6 nitrogen and oxygen atoms in total. The lowest BCUT2D eigenvalue weighted by Crippen LogP contribution is -2.47. The molecule has 1 saturated heterocycles. The van der Waals surface area contributed by atoms with Crippen LogP contribution in [0.25, 0.3) is 0 Å². The van der Waals surface area contributed by atoms with Gasteiger partial charge in [-0.3, -0.25) is 4.79 Å². The third kappa shape index (κ3) is 3.18. The molecule has 1 aliphatic heterocycles. The number of aryl methyl sites for hydroxylation is 1. The summed E-state index contributed by atoms with van der Waals surface area (Å²) in [6.07, 6.45) is 2.05. The summed E-state index contributed by atoms with van der Waals surface area (Å²) in [5.41, 5.74) is 0.946. The Labute approximate surface area is 119 Å². The van der Waals surface area contributed by atoms with Crippen LogP contribution in [0.5, 0.6) is 5.88 Å². The highest BCUT2D eigenvalue weighted by Gasteiger charge is 2.24. The van der Waals surface area contributed by atoms with E-state index in [1.807, 2.05) is 13.8 Å². The van der Waals surface area contributed by atoms with Crippen LogP contribution in [0.2, 0.25) is 0 Å². The molecule has 1 N–H and O–H groups in total. The van der Waals surface area contributed by atoms with E-state index in [1.165, 1.54) is 0 Å². The molecule has 1 amide bonds. The number of hydrogen-bond acceptors (Lipinski definition) is 5. The molecular weight excluding hydrogens is 256 g/mol. The maximum absolute atomic E-state index is 11.2. The quantitative estimate of drug-likeness (QED) is 0.900. The molecule has 1 atom stereocenters. The van der Waals surface area contributed by atoms with Crippen molar-refractivity contribution in [1.82, 2.24) is 15.3 Å². The van der Waals surface area contributed by atoms with E-state index in [-0.39, 0.29) is 11.9 Å². The van der Waals surface area contributed by atoms with Crippen LogP contribution in [0.15, 0.2) is 0 Å². The van der Waals surface area contributed by atoms with Crippen molar-refractivity contribution >= 4 is 11.7 Å². The van der Waals surface area contributed by atoms with Gasteiger partial charge in [0.25, 0.3) is 0 Å². The second-order valence-corrected chi connectivity index (χ2v) is 5.21. The van der Waals surface area contributed by atoms with Crippen molar-refractivity contribution in [1.29, 1.82) is 0 Å². The monoisotopic (exact) mass is 278 g/mol. The second-order valence-electron chi connectivity index (χ2n) is 5.21. The van der Waals surface area contributed by atoms with Crippen LogP contribution in [0, 0.1) is 13.8 Å². The fourth-order valence-corrected chi connectivity index (χ4v) is 2.67. The standard InChI is InChI=1S/C14H22N4O2/c1-9-13(15-10(2)16-14(9)20-4)18-7-5-6-12(8-18)17-11(3)19/h12H,5-8H2,1-4H3,(H,17,19)/t12-/m0/s1. The molecule has 2 rings (SSSR count). The predicted molar refractivity (Wildman–Crippen MR) is 77.1 cm³/mol. The van der Waals surface area contributed by atoms with Gasteiger partial charge >= 0.3 is 0 Å². The van der Waals surface area contributed by atoms with Crippen LogP contribution in [-0.4, -0.2) is 42.1 Å². The number of ether oxygens (including phenoxy) is 1. The highest BCUT2D eigenvalue weighted by Crippen LogP contribution is 2.27. The van der Waals surface area contributed by atoms with Gasteiger partial charge in [0, 0.05) is 26.1 Å². The minimum absolute atomic E-state index is 0.0185. The van der Waals surface area contributed by atoms with Crippen LogP contribution in [0.1, 0.15) is 31.2 Å². The van der Waals surface area contributed by atoms with E-state index >= 15 is 0 Å². The number of nitrogens with zero attached hydrogens (tertiary/aromatic N) is 3. The minimum atomic E-state index is 0.0185. The zero-order valence-electron chi connectivity index (χ0n) is 12.6. The van der Waals surface area contributed by atoms with Crippen LogP contribution in [0.3, 0.4) is 0 Å². The summed E-state index contributed by atoms with van der Waals surface area (Å²) < 4.78 is 5.30. The summed E-state index contributed by atoms with van der Waals surface area (Å²) in [5, 5.41) is 2.99. The summed E-state index contributed by atoms with van der Waals surface area (Å²) in [6, 6.07) is 0.182. The highest BCUT2D eigenvalue weighted by atomic mass is 16.5. The Balaban J connectivity index is 2.22. The maximum Gasteiger partial charge on any atom is 0.221 e. The van der Waals surface area contributed by atoms with E-state index in [2.05, 4.69) is 20.2 Å². The molecule has 0 saturated carbocycles. The highest BCUT2D eigenvalue weighted by molar-refractivity contribution is 5.73. The molecule has 1 aliphatic rings. The first-order valence-electron chi connectivity index (χ1n) is 6.92. The fraction of sp³-hybridized carbons (Fsp3) is 0.643. The van der Waals surface area contributed by atoms with E-state index in [0.29, 0.717) is 11.7 Å². The molecule has 0 spiro atoms. The lowest BCUT2D eigenvalue weighted by atomic mass is 10.1. The largest absolute Gasteiger partial charge is 0.481 e. The summed E-state index contributed by atoms with van der Waals surface area (Å²) >= 11 is 0. The van der Waals surface area contributed by atoms with E-state index in [1.54, 1.807) is 14.0 Å². The molecule has 0 bridgehead atoms. The van der Waals surface area contributed by atoms with Gasteiger partial charge in [0.15, 0.2) is 0 Å². The number of methoxy groups -OCH3 is 1. The van der Waals surface area contributed by atoms with Gasteiger partial charge in [-0.2, -0.15) is 4.98 Å². The first-order valence-corrected chi connectivity index (χ1v) is 6.92. The number of nitrogens with one attached hydrogen (secondary N) is 1. The second kappa shape index (κ2) is 6.07. The lowest BCUT2D eigenvalue weighted by Gasteiger charge is -2.34. The Bertz CT molecular complexity index is 504. The molecule has 0 unspecified atom stereocenters. The summed E-state index contributed by atoms with van der Waals surface area (Å²) in [6.45, 7) is 7.11. The molecule has 20 heavy (non-hydrogen) atoms. The third-order valence-corrected chi connectivity index (χ3v) is 3.51. The molecule has 0 aliphatic carbocycles. The number of anilines is 1. The van der Waals surface area contributed by atoms with E-state index in [4.69, 9.17) is 4.74 Å². The van der Waals surface area contributed by atoms with Crippen LogP contribution in [-0.2, 0) is 4.79 Å². The van der Waals surface area contributed by atoms with Crippen LogP contribution >= 0.6 is 0 Å². The zero-order valence-corrected chi connectivity index (χ0v) is 12.6. The van der Waals surface area contributed by atoms with Gasteiger partial charge in [-0.25, -0.2) is 4.98 Å². The average Bonchev–Trinajstić information content (AvgIpc) is 2.40. The SMILES string of the molecule is COc1nc(C)nc(N2CCC[C@H](NC(C)=O)C2)c1C. The lowest BCUT2D eigenvalue weighted by molar-refractivity contribution is -0.119. The van der Waals surface area contributed by atoms with Gasteiger partial charge in [0.2, 0.25) is 11.8 Å². The third-order valence-electron chi connectivity index (χ3n) is 3.51. The Kier molecular flexibility index (Phi) is 4.42. The molecule has 1 fully saturated rings. The van der Waals surface area contributed by atoms with Crippen molar-refractivity contribution < 1.29 is 9.53 Å². The molecule has 6 heteroatoms. The number of rotatable bonds is 3. The first-order chi connectivity index (χ1) is 9.51. The first kappa shape index (κ1) is 14.6. The summed E-state index contributed by atoms with van der Waals surface area (Å²) in [7, 11) is 1.62. The Morgan fingerprint density at radius 1 is 1.40 bits per heavy atom. The number of amides is 1. The van der Waals surface area contributed by atoms with E-state index in [0.717, 1.165) is 37.3 Å². The van der Waals surface area contributed by atoms with Gasteiger partial charge in [-0.1, -0.05) is 0 Å². The molecular formula is C14H22N4O2. The van der Waals surface area contributed by atoms with Crippen molar-refractivity contribution in [2.75, 3.05) is 25.1 Å². The smallest absolute Gasteiger partial charge is 0.221 e. The Morgan fingerprint density at radius 3 is 2.80 bits per heavy atom. The number of piperidine rings is 1. The fourth-order valence-electron chi connectivity index (χ4n) is 2.67. The van der Waals surface area contributed by atoms with Gasteiger partial charge in [0.05, 0.1) is 12.7 Å². The number of aromatic nitrogens is 2.